The predicted octanol–water partition coefficient (Wildman–Crippen LogP) is -2.14. The number of nitrogens with one attached hydrogen (secondary N) is 1. The van der Waals surface area contributed by atoms with Crippen molar-refractivity contribution in [1.82, 2.24) is 5.32 Å². The van der Waals surface area contributed by atoms with E-state index in [2.05, 4.69) is 5.32 Å². The number of carbonyl (C=O) groups is 3. The highest BCUT2D eigenvalue weighted by Crippen LogP contribution is 1.92. The molecule has 0 aromatic heterocycles. The summed E-state index contributed by atoms with van der Waals surface area (Å²) in [6.45, 7) is -0.832. The minimum absolute atomic E-state index is 0.0277. The molecule has 0 aromatic carbocycles. The number of hydrogen-bond donors (Lipinski definition) is 4. The SMILES string of the molecule is NCC(=O)CCC(=O)N[C@@H](CO)C(=O)O. The molecule has 7 heteroatoms. The summed E-state index contributed by atoms with van der Waals surface area (Å²) in [7, 11) is 0. The highest BCUT2D eigenvalue weighted by molar-refractivity contribution is 5.88. The largest absolute Gasteiger partial charge is 0.480 e. The fraction of sp³-hybridized carbons (Fsp3) is 0.625. The fourth-order valence-corrected chi connectivity index (χ4v) is 0.807. The van der Waals surface area contributed by atoms with Crippen molar-refractivity contribution in [3.63, 3.8) is 0 Å². The van der Waals surface area contributed by atoms with E-state index < -0.39 is 24.5 Å². The van der Waals surface area contributed by atoms with Gasteiger partial charge in [-0.05, 0) is 0 Å². The smallest absolute Gasteiger partial charge is 0.328 e. The fourth-order valence-electron chi connectivity index (χ4n) is 0.807. The molecule has 0 heterocycles. The van der Waals surface area contributed by atoms with Crippen LogP contribution >= 0.6 is 0 Å². The summed E-state index contributed by atoms with van der Waals surface area (Å²) in [5.74, 6) is -2.20. The molecule has 0 saturated heterocycles. The molecule has 0 aliphatic rings. The van der Waals surface area contributed by atoms with Gasteiger partial charge in [0.2, 0.25) is 5.91 Å². The number of rotatable bonds is 7. The van der Waals surface area contributed by atoms with Gasteiger partial charge in [0, 0.05) is 12.8 Å². The van der Waals surface area contributed by atoms with Gasteiger partial charge in [0.25, 0.3) is 0 Å². The highest BCUT2D eigenvalue weighted by Gasteiger charge is 2.18. The molecule has 0 saturated carbocycles. The van der Waals surface area contributed by atoms with E-state index in [0.29, 0.717) is 0 Å². The van der Waals surface area contributed by atoms with Crippen LogP contribution in [0.25, 0.3) is 0 Å². The molecule has 0 bridgehead atoms. The summed E-state index contributed by atoms with van der Waals surface area (Å²) in [6.07, 6.45) is -0.153. The topological polar surface area (TPSA) is 130 Å². The molecule has 1 amide bonds. The molecule has 1 atom stereocenters. The molecule has 0 aliphatic carbocycles. The van der Waals surface area contributed by atoms with Gasteiger partial charge >= 0.3 is 5.97 Å². The van der Waals surface area contributed by atoms with Crippen LogP contribution in [0.4, 0.5) is 0 Å². The molecule has 0 spiro atoms. The van der Waals surface area contributed by atoms with Gasteiger partial charge in [0.1, 0.15) is 11.8 Å². The van der Waals surface area contributed by atoms with E-state index in [1.165, 1.54) is 0 Å². The number of carboxylic acid groups (broad SMARTS) is 1. The summed E-state index contributed by atoms with van der Waals surface area (Å²) in [6, 6.07) is -1.33. The van der Waals surface area contributed by atoms with Crippen molar-refractivity contribution in [2.24, 2.45) is 5.73 Å². The summed E-state index contributed by atoms with van der Waals surface area (Å²) in [5.41, 5.74) is 5.02. The van der Waals surface area contributed by atoms with E-state index in [-0.39, 0.29) is 25.2 Å². The first-order chi connectivity index (χ1) is 7.01. The first kappa shape index (κ1) is 13.5. The predicted molar refractivity (Wildman–Crippen MR) is 49.9 cm³/mol. The van der Waals surface area contributed by atoms with Crippen molar-refractivity contribution in [2.45, 2.75) is 18.9 Å². The van der Waals surface area contributed by atoms with Crippen molar-refractivity contribution >= 4 is 17.7 Å². The summed E-state index contributed by atoms with van der Waals surface area (Å²) < 4.78 is 0. The van der Waals surface area contributed by atoms with Gasteiger partial charge in [-0.1, -0.05) is 0 Å². The van der Waals surface area contributed by atoms with E-state index in [1.807, 2.05) is 0 Å². The molecule has 0 radical (unpaired) electrons. The number of ketones is 1. The Hall–Kier alpha value is -1.47. The van der Waals surface area contributed by atoms with Crippen molar-refractivity contribution in [3.05, 3.63) is 0 Å². The second-order valence-electron chi connectivity index (χ2n) is 2.88. The maximum atomic E-state index is 11.1. The molecule has 0 fully saturated rings. The molecule has 86 valence electrons. The average molecular weight is 218 g/mol. The lowest BCUT2D eigenvalue weighted by atomic mass is 10.2. The van der Waals surface area contributed by atoms with Gasteiger partial charge in [-0.15, -0.1) is 0 Å². The van der Waals surface area contributed by atoms with Crippen molar-refractivity contribution < 1.29 is 24.6 Å². The number of Topliss-reactive ketones (excluding diaryl/α,β-unsaturated/α-hetero) is 1. The Morgan fingerprint density at radius 3 is 2.27 bits per heavy atom. The third kappa shape index (κ3) is 5.76. The molecule has 15 heavy (non-hydrogen) atoms. The van der Waals surface area contributed by atoms with Crippen LogP contribution in [0, 0.1) is 0 Å². The number of hydrogen-bond acceptors (Lipinski definition) is 5. The Kier molecular flexibility index (Phi) is 6.23. The van der Waals surface area contributed by atoms with Crippen molar-refractivity contribution in [2.75, 3.05) is 13.2 Å². The Bertz CT molecular complexity index is 253. The maximum Gasteiger partial charge on any atom is 0.328 e. The first-order valence-electron chi connectivity index (χ1n) is 4.36. The van der Waals surface area contributed by atoms with Gasteiger partial charge in [-0.2, -0.15) is 0 Å². The number of carboxylic acids is 1. The summed E-state index contributed by atoms with van der Waals surface area (Å²) in [4.78, 5) is 32.2. The third-order valence-electron chi connectivity index (χ3n) is 1.67. The molecular weight excluding hydrogens is 204 g/mol. The molecule has 7 nitrogen and oxygen atoms in total. The number of carbonyl (C=O) groups excluding carboxylic acids is 2. The standard InChI is InChI=1S/C8H14N2O5/c9-3-5(12)1-2-7(13)10-6(4-11)8(14)15/h6,11H,1-4,9H2,(H,10,13)(H,14,15)/t6-/m0/s1. The minimum atomic E-state index is -1.33. The van der Waals surface area contributed by atoms with Gasteiger partial charge in [0.15, 0.2) is 0 Å². The number of nitrogens with two attached hydrogens (primary N) is 1. The van der Waals surface area contributed by atoms with Crippen LogP contribution in [0.3, 0.4) is 0 Å². The van der Waals surface area contributed by atoms with Crippen LogP contribution < -0.4 is 11.1 Å². The zero-order valence-electron chi connectivity index (χ0n) is 8.10. The van der Waals surface area contributed by atoms with Gasteiger partial charge in [-0.25, -0.2) is 4.79 Å². The Balaban J connectivity index is 3.91. The normalized spacial score (nSPS) is 11.9. The van der Waals surface area contributed by atoms with Gasteiger partial charge in [-0.3, -0.25) is 9.59 Å². The van der Waals surface area contributed by atoms with E-state index in [1.54, 1.807) is 0 Å². The number of aliphatic hydroxyl groups excluding tert-OH is 1. The molecule has 0 aromatic rings. The van der Waals surface area contributed by atoms with Crippen LogP contribution in [-0.4, -0.2) is 47.1 Å². The Morgan fingerprint density at radius 1 is 1.27 bits per heavy atom. The summed E-state index contributed by atoms with van der Waals surface area (Å²) in [5, 5.41) is 19.1. The van der Waals surface area contributed by atoms with E-state index in [0.717, 1.165) is 0 Å². The number of aliphatic hydroxyl groups is 1. The molecule has 0 rings (SSSR count). The van der Waals surface area contributed by atoms with Crippen LogP contribution in [0.2, 0.25) is 0 Å². The van der Waals surface area contributed by atoms with E-state index in [9.17, 15) is 14.4 Å². The third-order valence-corrected chi connectivity index (χ3v) is 1.67. The number of aliphatic carboxylic acids is 1. The lowest BCUT2D eigenvalue weighted by Gasteiger charge is -2.10. The number of amides is 1. The second-order valence-corrected chi connectivity index (χ2v) is 2.88. The lowest BCUT2D eigenvalue weighted by molar-refractivity contribution is -0.143. The molecule has 0 aliphatic heterocycles. The Morgan fingerprint density at radius 2 is 1.87 bits per heavy atom. The van der Waals surface area contributed by atoms with E-state index >= 15 is 0 Å². The van der Waals surface area contributed by atoms with Crippen LogP contribution in [0.1, 0.15) is 12.8 Å². The minimum Gasteiger partial charge on any atom is -0.480 e. The van der Waals surface area contributed by atoms with Gasteiger partial charge in [0.05, 0.1) is 13.2 Å². The first-order valence-corrected chi connectivity index (χ1v) is 4.36. The summed E-state index contributed by atoms with van der Waals surface area (Å²) >= 11 is 0. The van der Waals surface area contributed by atoms with Crippen molar-refractivity contribution in [1.29, 1.82) is 0 Å². The zero-order chi connectivity index (χ0) is 11.8. The zero-order valence-corrected chi connectivity index (χ0v) is 8.10. The molecule has 0 unspecified atom stereocenters. The highest BCUT2D eigenvalue weighted by atomic mass is 16.4. The van der Waals surface area contributed by atoms with Crippen molar-refractivity contribution in [3.8, 4) is 0 Å². The van der Waals surface area contributed by atoms with Crippen LogP contribution in [0.5, 0.6) is 0 Å². The van der Waals surface area contributed by atoms with E-state index in [4.69, 9.17) is 15.9 Å². The second kappa shape index (κ2) is 6.91. The average Bonchev–Trinajstić information content (AvgIpc) is 2.21. The Labute approximate surface area is 86.3 Å². The molecular formula is C8H14N2O5. The van der Waals surface area contributed by atoms with Crippen LogP contribution in [0.15, 0.2) is 0 Å². The lowest BCUT2D eigenvalue weighted by Crippen LogP contribution is -2.43. The van der Waals surface area contributed by atoms with Crippen LogP contribution in [-0.2, 0) is 14.4 Å². The maximum absolute atomic E-state index is 11.1. The molecule has 5 N–H and O–H groups in total. The monoisotopic (exact) mass is 218 g/mol. The quantitative estimate of drug-likeness (QED) is 0.385. The van der Waals surface area contributed by atoms with Gasteiger partial charge < -0.3 is 21.3 Å².